The van der Waals surface area contributed by atoms with Gasteiger partial charge in [0.25, 0.3) is 5.91 Å². The lowest BCUT2D eigenvalue weighted by molar-refractivity contribution is -0.287. The van der Waals surface area contributed by atoms with Crippen molar-refractivity contribution >= 4 is 17.5 Å². The summed E-state index contributed by atoms with van der Waals surface area (Å²) in [7, 11) is 1.47. The van der Waals surface area contributed by atoms with Crippen molar-refractivity contribution in [3.63, 3.8) is 0 Å². The summed E-state index contributed by atoms with van der Waals surface area (Å²) >= 11 is 0. The highest BCUT2D eigenvalue weighted by atomic mass is 16.7. The van der Waals surface area contributed by atoms with Crippen molar-refractivity contribution in [2.24, 2.45) is 59.0 Å². The van der Waals surface area contributed by atoms with Crippen LogP contribution < -0.4 is 5.73 Å². The number of ketones is 2. The average Bonchev–Trinajstić information content (AvgIpc) is 1.61. The van der Waals surface area contributed by atoms with Crippen LogP contribution in [-0.4, -0.2) is 227 Å². The van der Waals surface area contributed by atoms with Gasteiger partial charge in [0.1, 0.15) is 11.7 Å². The number of hydrogen-bond donors (Lipinski definition) is 17. The molecule has 0 spiro atoms. The molecule has 2 aliphatic heterocycles. The van der Waals surface area contributed by atoms with Gasteiger partial charge in [0, 0.05) is 37.1 Å². The van der Waals surface area contributed by atoms with Crippen LogP contribution in [0.5, 0.6) is 0 Å². The molecule has 23 heteroatoms. The second-order valence-electron chi connectivity index (χ2n) is 28.9. The molecule has 0 bridgehead atoms. The van der Waals surface area contributed by atoms with Crippen molar-refractivity contribution in [3.05, 3.63) is 58.1 Å². The van der Waals surface area contributed by atoms with E-state index in [0.717, 1.165) is 0 Å². The summed E-state index contributed by atoms with van der Waals surface area (Å²) in [5.41, 5.74) is 6.65. The predicted molar refractivity (Wildman–Crippen MR) is 358 cm³/mol. The van der Waals surface area contributed by atoms with Crippen molar-refractivity contribution in [3.8, 4) is 0 Å². The molecule has 0 aliphatic carbocycles. The number of nitrogens with two attached hydrogens (primary N) is 1. The number of allylic oxidation sites excluding steroid dienone is 4. The number of ether oxygens (including phenoxy) is 2. The summed E-state index contributed by atoms with van der Waals surface area (Å²) in [6.45, 7) is 25.8. The summed E-state index contributed by atoms with van der Waals surface area (Å²) in [5.74, 6) is -5.56. The van der Waals surface area contributed by atoms with E-state index >= 15 is 0 Å². The SMILES string of the molecule is C/C(=C\CC(O)CC(O)CCC(C)C(O)C(C)C(O)CCCC(O)C(C)C(O)/C(C)=C/C(C)C(=O)/C(C)=C/C(O)C(O)CC(O)CC(OC1OC(C)C(O)C(N)C1O)C(C)CCC(O)CC(O)CCC(C)C(O)C(C)C(O)C(C)C)C(=O)C1=C(O)/C(=C/C(C)C)N(C)C1=O. The maximum Gasteiger partial charge on any atom is 0.265 e. The average molecular weight is 1340 g/mol. The van der Waals surface area contributed by atoms with Gasteiger partial charge in [0.05, 0.1) is 109 Å². The van der Waals surface area contributed by atoms with Gasteiger partial charge in [0.2, 0.25) is 0 Å². The minimum atomic E-state index is -1.61. The number of aliphatic hydroxyl groups excluding tert-OH is 16. The third-order valence-electron chi connectivity index (χ3n) is 19.7. The minimum Gasteiger partial charge on any atom is -0.505 e. The molecule has 546 valence electrons. The Morgan fingerprint density at radius 3 is 1.62 bits per heavy atom. The normalized spacial score (nSPS) is 26.2. The van der Waals surface area contributed by atoms with Gasteiger partial charge in [-0.05, 0) is 164 Å². The zero-order chi connectivity index (χ0) is 72.1. The van der Waals surface area contributed by atoms with Crippen LogP contribution in [0.2, 0.25) is 0 Å². The van der Waals surface area contributed by atoms with Crippen LogP contribution in [0.4, 0.5) is 0 Å². The van der Waals surface area contributed by atoms with E-state index in [1.165, 1.54) is 37.9 Å². The van der Waals surface area contributed by atoms with Crippen LogP contribution in [0.1, 0.15) is 194 Å². The van der Waals surface area contributed by atoms with E-state index in [1.54, 1.807) is 67.5 Å². The standard InChI is InChI=1S/C71H126N2O21/c1-35(2)28-53-68(90)59(70(92)73(53)16)66(88)40(8)23-27-51(77)32-49(75)25-21-38(6)63(85)44(12)54(79)18-17-19-55(80)45(13)65(87)42(10)29-41(9)62(84)43(11)30-56(81)57(82)33-52(78)34-58(94-71-69(91)60(72)67(89)47(15)93-71)37(5)20-24-48(74)31-50(76)26-22-39(7)64(86)46(14)61(83)36(3)4/h23,28-30,35-39,41,44-52,54-58,60-61,63-65,67,69,71,74-83,85-87,89-91H,17-22,24-27,31-34,72H2,1-16H3/b40-23+,42-29+,43-30+,53-28-. The Bertz CT molecular complexity index is 2450. The molecule has 26 atom stereocenters. The maximum absolute atomic E-state index is 13.6. The first-order valence-electron chi connectivity index (χ1n) is 34.4. The highest BCUT2D eigenvalue weighted by Crippen LogP contribution is 2.33. The van der Waals surface area contributed by atoms with Crippen LogP contribution in [0.25, 0.3) is 0 Å². The number of likely N-dealkylation sites (N-methyl/N-ethyl adjacent to an activating group) is 1. The molecule has 0 aromatic heterocycles. The zero-order valence-electron chi connectivity index (χ0n) is 59.1. The molecule has 0 radical (unpaired) electrons. The van der Waals surface area contributed by atoms with E-state index in [4.69, 9.17) is 15.2 Å². The number of rotatable bonds is 44. The largest absolute Gasteiger partial charge is 0.505 e. The highest BCUT2D eigenvalue weighted by Gasteiger charge is 2.44. The van der Waals surface area contributed by atoms with E-state index in [0.29, 0.717) is 37.7 Å². The molecule has 26 unspecified atom stereocenters. The van der Waals surface area contributed by atoms with Crippen molar-refractivity contribution in [1.82, 2.24) is 4.90 Å². The first-order valence-corrected chi connectivity index (χ1v) is 34.4. The van der Waals surface area contributed by atoms with Gasteiger partial charge in [0.15, 0.2) is 23.6 Å². The van der Waals surface area contributed by atoms with E-state index in [-0.39, 0.29) is 110 Å². The Morgan fingerprint density at radius 2 is 1.10 bits per heavy atom. The zero-order valence-corrected chi connectivity index (χ0v) is 59.1. The van der Waals surface area contributed by atoms with E-state index in [2.05, 4.69) is 0 Å². The molecule has 18 N–H and O–H groups in total. The Hall–Kier alpha value is -3.41. The smallest absolute Gasteiger partial charge is 0.265 e. The summed E-state index contributed by atoms with van der Waals surface area (Å²) in [6, 6.07) is -1.12. The van der Waals surface area contributed by atoms with Gasteiger partial charge >= 0.3 is 0 Å². The Morgan fingerprint density at radius 1 is 0.596 bits per heavy atom. The van der Waals surface area contributed by atoms with Gasteiger partial charge in [-0.1, -0.05) is 94.4 Å². The van der Waals surface area contributed by atoms with Crippen LogP contribution in [0.3, 0.4) is 0 Å². The lowest BCUT2D eigenvalue weighted by Gasteiger charge is -2.42. The van der Waals surface area contributed by atoms with Crippen LogP contribution >= 0.6 is 0 Å². The number of hydrogen-bond acceptors (Lipinski definition) is 22. The first-order chi connectivity index (χ1) is 43.5. The number of aliphatic hydroxyl groups is 16. The number of amides is 1. The second kappa shape index (κ2) is 41.2. The molecule has 2 rings (SSSR count). The summed E-state index contributed by atoms with van der Waals surface area (Å²) < 4.78 is 12.0. The fraction of sp³-hybridized carbons (Fsp3) is 0.817. The number of nitrogens with zero attached hydrogens (tertiary/aromatic N) is 1. The Labute approximate surface area is 559 Å². The summed E-state index contributed by atoms with van der Waals surface area (Å²) in [5, 5.41) is 175. The predicted octanol–water partition coefficient (Wildman–Crippen LogP) is 4.23. The molecule has 1 fully saturated rings. The van der Waals surface area contributed by atoms with E-state index < -0.39 is 163 Å². The van der Waals surface area contributed by atoms with Gasteiger partial charge in [-0.15, -0.1) is 0 Å². The molecule has 1 amide bonds. The fourth-order valence-electron chi connectivity index (χ4n) is 12.6. The summed E-state index contributed by atoms with van der Waals surface area (Å²) in [6.07, 6.45) is -11.4. The quantitative estimate of drug-likeness (QED) is 0.0230. The molecule has 0 aromatic carbocycles. The van der Waals surface area contributed by atoms with Crippen molar-refractivity contribution < 1.29 is 106 Å². The molecule has 23 nitrogen and oxygen atoms in total. The lowest BCUT2D eigenvalue weighted by Crippen LogP contribution is -2.61. The molecule has 1 saturated heterocycles. The second-order valence-corrected chi connectivity index (χ2v) is 28.9. The highest BCUT2D eigenvalue weighted by molar-refractivity contribution is 6.27. The molecule has 0 saturated carbocycles. The molecule has 94 heavy (non-hydrogen) atoms. The van der Waals surface area contributed by atoms with Gasteiger partial charge < -0.3 is 102 Å². The van der Waals surface area contributed by atoms with Crippen molar-refractivity contribution in [2.45, 2.75) is 310 Å². The van der Waals surface area contributed by atoms with Gasteiger partial charge in [-0.2, -0.15) is 0 Å². The van der Waals surface area contributed by atoms with E-state index in [9.17, 15) is 96.1 Å². The first kappa shape index (κ1) is 86.7. The number of carbonyl (C=O) groups excluding carboxylic acids is 3. The molecule has 2 heterocycles. The lowest BCUT2D eigenvalue weighted by atomic mass is 9.82. The number of Topliss-reactive ketones (excluding diaryl/α,β-unsaturated/α-hetero) is 2. The van der Waals surface area contributed by atoms with Crippen molar-refractivity contribution in [2.75, 3.05) is 7.05 Å². The maximum atomic E-state index is 13.6. The van der Waals surface area contributed by atoms with E-state index in [1.807, 2.05) is 34.6 Å². The molecule has 0 aromatic rings. The molecule has 2 aliphatic rings. The van der Waals surface area contributed by atoms with Crippen LogP contribution in [-0.2, 0) is 23.9 Å². The molecular formula is C71H126N2O21. The monoisotopic (exact) mass is 1340 g/mol. The fourth-order valence-corrected chi connectivity index (χ4v) is 12.6. The number of carbonyl (C=O) groups is 3. The van der Waals surface area contributed by atoms with Gasteiger partial charge in [-0.25, -0.2) is 0 Å². The topological polar surface area (TPSA) is 423 Å². The van der Waals surface area contributed by atoms with Crippen LogP contribution in [0, 0.1) is 53.3 Å². The summed E-state index contributed by atoms with van der Waals surface area (Å²) in [4.78, 5) is 40.7. The minimum absolute atomic E-state index is 0.00987. The Kier molecular flexibility index (Phi) is 38.0. The molecular weight excluding hydrogens is 1220 g/mol. The van der Waals surface area contributed by atoms with Crippen LogP contribution in [0.15, 0.2) is 58.1 Å². The third kappa shape index (κ3) is 27.0. The van der Waals surface area contributed by atoms with Crippen molar-refractivity contribution in [1.29, 1.82) is 0 Å². The Balaban J connectivity index is 1.94. The third-order valence-corrected chi connectivity index (χ3v) is 19.7. The van der Waals surface area contributed by atoms with Gasteiger partial charge in [-0.3, -0.25) is 14.4 Å².